The molecule has 1 aliphatic rings. The Labute approximate surface area is 222 Å². The summed E-state index contributed by atoms with van der Waals surface area (Å²) in [7, 11) is -4.18. The fraction of sp³-hybridized carbons (Fsp3) is 0.0769. The van der Waals surface area contributed by atoms with E-state index in [2.05, 4.69) is 10.6 Å². The molecule has 3 aromatic rings. The summed E-state index contributed by atoms with van der Waals surface area (Å²) in [4.78, 5) is 49.4. The van der Waals surface area contributed by atoms with Crippen molar-refractivity contribution in [3.63, 3.8) is 0 Å². The van der Waals surface area contributed by atoms with Gasteiger partial charge in [0.1, 0.15) is 17.2 Å². The quantitative estimate of drug-likeness (QED) is 0.315. The van der Waals surface area contributed by atoms with Crippen LogP contribution in [0.15, 0.2) is 88.7 Å². The largest absolute Gasteiger partial charge is 0.379 e. The van der Waals surface area contributed by atoms with E-state index in [0.29, 0.717) is 28.7 Å². The Morgan fingerprint density at radius 3 is 2.29 bits per heavy atom. The van der Waals surface area contributed by atoms with E-state index >= 15 is 0 Å². The molecule has 2 N–H and O–H groups in total. The third-order valence-electron chi connectivity index (χ3n) is 5.06. The molecule has 0 spiro atoms. The summed E-state index contributed by atoms with van der Waals surface area (Å²) in [6, 6.07) is 20.1. The summed E-state index contributed by atoms with van der Waals surface area (Å²) in [6.07, 6.45) is 1.42. The second-order valence-corrected chi connectivity index (χ2v) is 10.5. The van der Waals surface area contributed by atoms with Gasteiger partial charge in [0, 0.05) is 18.3 Å². The van der Waals surface area contributed by atoms with Gasteiger partial charge in [0.05, 0.1) is 4.91 Å². The van der Waals surface area contributed by atoms with E-state index in [1.807, 2.05) is 0 Å². The fourth-order valence-corrected chi connectivity index (χ4v) is 5.15. The van der Waals surface area contributed by atoms with Crippen molar-refractivity contribution in [2.24, 2.45) is 0 Å². The van der Waals surface area contributed by atoms with Crippen molar-refractivity contribution in [3.8, 4) is 5.75 Å². The van der Waals surface area contributed by atoms with Crippen LogP contribution < -0.4 is 14.8 Å². The van der Waals surface area contributed by atoms with Crippen molar-refractivity contribution in [1.82, 2.24) is 4.90 Å². The maximum Gasteiger partial charge on any atom is 0.339 e. The van der Waals surface area contributed by atoms with Gasteiger partial charge in [-0.15, -0.1) is 0 Å². The molecular formula is C26H21N3O7S2. The molecule has 0 aliphatic carbocycles. The summed E-state index contributed by atoms with van der Waals surface area (Å²) < 4.78 is 30.6. The Kier molecular flexibility index (Phi) is 7.93. The molecule has 4 amide bonds. The van der Waals surface area contributed by atoms with Crippen LogP contribution >= 0.6 is 11.8 Å². The molecule has 1 saturated heterocycles. The molecule has 1 fully saturated rings. The first-order chi connectivity index (χ1) is 18.1. The van der Waals surface area contributed by atoms with Crippen molar-refractivity contribution < 1.29 is 31.8 Å². The topological polar surface area (TPSA) is 139 Å². The van der Waals surface area contributed by atoms with E-state index in [-0.39, 0.29) is 21.5 Å². The molecule has 1 aliphatic heterocycles. The number of amides is 4. The van der Waals surface area contributed by atoms with Crippen LogP contribution in [0.25, 0.3) is 6.08 Å². The molecular weight excluding hydrogens is 530 g/mol. The minimum Gasteiger partial charge on any atom is -0.379 e. The number of carbonyl (C=O) groups excluding carboxylic acids is 4. The number of thioether (sulfide) groups is 1. The number of nitrogens with one attached hydrogen (secondary N) is 2. The molecule has 0 bridgehead atoms. The molecule has 0 saturated carbocycles. The van der Waals surface area contributed by atoms with Gasteiger partial charge in [0.25, 0.3) is 11.1 Å². The van der Waals surface area contributed by atoms with E-state index < -0.39 is 33.7 Å². The molecule has 3 aromatic carbocycles. The van der Waals surface area contributed by atoms with E-state index in [4.69, 9.17) is 4.18 Å². The van der Waals surface area contributed by atoms with Crippen LogP contribution in [0.5, 0.6) is 5.75 Å². The highest BCUT2D eigenvalue weighted by Gasteiger charge is 2.36. The SMILES string of the molecule is CC(=O)Nc1ccc(S(=O)(=O)Oc2cccc(/C=C3\SC(=O)N(CC(=O)Nc4ccccc4)C3=O)c2)cc1. The Morgan fingerprint density at radius 2 is 1.61 bits per heavy atom. The number of imide groups is 1. The monoisotopic (exact) mass is 551 g/mol. The predicted molar refractivity (Wildman–Crippen MR) is 143 cm³/mol. The van der Waals surface area contributed by atoms with E-state index in [1.54, 1.807) is 36.4 Å². The third-order valence-corrected chi connectivity index (χ3v) is 7.23. The van der Waals surface area contributed by atoms with Crippen molar-refractivity contribution in [3.05, 3.63) is 89.3 Å². The summed E-state index contributed by atoms with van der Waals surface area (Å²) in [5.41, 5.74) is 1.39. The van der Waals surface area contributed by atoms with E-state index in [0.717, 1.165) is 4.90 Å². The standard InChI is InChI=1S/C26H21N3O7S2/c1-17(30)27-20-10-12-22(13-11-20)38(34,35)36-21-9-5-6-18(14-21)15-23-25(32)29(26(33)37-23)16-24(31)28-19-7-3-2-4-8-19/h2-15H,16H2,1H3,(H,27,30)(H,28,31)/b23-15-. The number of anilines is 2. The lowest BCUT2D eigenvalue weighted by Gasteiger charge is -2.12. The van der Waals surface area contributed by atoms with E-state index in [9.17, 15) is 27.6 Å². The lowest BCUT2D eigenvalue weighted by atomic mass is 10.2. The molecule has 10 nitrogen and oxygen atoms in total. The molecule has 194 valence electrons. The molecule has 1 heterocycles. The Bertz CT molecular complexity index is 1540. The minimum absolute atomic E-state index is 0.00819. The zero-order valence-electron chi connectivity index (χ0n) is 19.9. The van der Waals surface area contributed by atoms with Crippen LogP contribution in [0.3, 0.4) is 0 Å². The van der Waals surface area contributed by atoms with Crippen molar-refractivity contribution >= 4 is 62.3 Å². The number of rotatable bonds is 8. The van der Waals surface area contributed by atoms with Crippen LogP contribution in [0.2, 0.25) is 0 Å². The van der Waals surface area contributed by atoms with Gasteiger partial charge in [-0.2, -0.15) is 8.42 Å². The lowest BCUT2D eigenvalue weighted by Crippen LogP contribution is -2.36. The normalized spacial score (nSPS) is 14.4. The predicted octanol–water partition coefficient (Wildman–Crippen LogP) is 4.09. The lowest BCUT2D eigenvalue weighted by molar-refractivity contribution is -0.127. The van der Waals surface area contributed by atoms with Crippen LogP contribution in [0.1, 0.15) is 12.5 Å². The van der Waals surface area contributed by atoms with Crippen molar-refractivity contribution in [2.75, 3.05) is 17.2 Å². The molecule has 0 radical (unpaired) electrons. The second kappa shape index (κ2) is 11.3. The number of hydrogen-bond donors (Lipinski definition) is 2. The first-order valence-corrected chi connectivity index (χ1v) is 13.4. The Balaban J connectivity index is 1.44. The number of hydrogen-bond acceptors (Lipinski definition) is 8. The molecule has 0 atom stereocenters. The average molecular weight is 552 g/mol. The van der Waals surface area contributed by atoms with Gasteiger partial charge in [-0.3, -0.25) is 24.1 Å². The smallest absolute Gasteiger partial charge is 0.339 e. The highest BCUT2D eigenvalue weighted by Crippen LogP contribution is 2.33. The number of benzene rings is 3. The second-order valence-electron chi connectivity index (χ2n) is 8.00. The van der Waals surface area contributed by atoms with Crippen molar-refractivity contribution in [1.29, 1.82) is 0 Å². The summed E-state index contributed by atoms with van der Waals surface area (Å²) in [5.74, 6) is -1.46. The van der Waals surface area contributed by atoms with Crippen LogP contribution in [-0.2, 0) is 24.5 Å². The zero-order chi connectivity index (χ0) is 27.3. The van der Waals surface area contributed by atoms with Gasteiger partial charge in [-0.05, 0) is 71.9 Å². The summed E-state index contributed by atoms with van der Waals surface area (Å²) in [6.45, 7) is 0.892. The average Bonchev–Trinajstić information content (AvgIpc) is 3.11. The summed E-state index contributed by atoms with van der Waals surface area (Å²) in [5, 5.41) is 4.57. The van der Waals surface area contributed by atoms with Gasteiger partial charge in [-0.25, -0.2) is 0 Å². The van der Waals surface area contributed by atoms with Crippen molar-refractivity contribution in [2.45, 2.75) is 11.8 Å². The Morgan fingerprint density at radius 1 is 0.921 bits per heavy atom. The maximum atomic E-state index is 12.8. The van der Waals surface area contributed by atoms with Crippen LogP contribution in [0.4, 0.5) is 16.2 Å². The number of para-hydroxylation sites is 1. The highest BCUT2D eigenvalue weighted by molar-refractivity contribution is 8.18. The first kappa shape index (κ1) is 26.6. The highest BCUT2D eigenvalue weighted by atomic mass is 32.2. The Hall–Kier alpha value is -4.42. The third kappa shape index (κ3) is 6.66. The molecule has 12 heteroatoms. The molecule has 38 heavy (non-hydrogen) atoms. The molecule has 0 aromatic heterocycles. The summed E-state index contributed by atoms with van der Waals surface area (Å²) >= 11 is 0.676. The van der Waals surface area contributed by atoms with Gasteiger partial charge in [0.2, 0.25) is 11.8 Å². The fourth-order valence-electron chi connectivity index (χ4n) is 3.39. The first-order valence-electron chi connectivity index (χ1n) is 11.1. The number of carbonyl (C=O) groups is 4. The molecule has 0 unspecified atom stereocenters. The van der Waals surface area contributed by atoms with Crippen LogP contribution in [0, 0.1) is 0 Å². The van der Waals surface area contributed by atoms with Gasteiger partial charge in [0.15, 0.2) is 0 Å². The maximum absolute atomic E-state index is 12.8. The van der Waals surface area contributed by atoms with Gasteiger partial charge in [-0.1, -0.05) is 30.3 Å². The van der Waals surface area contributed by atoms with Crippen LogP contribution in [-0.4, -0.2) is 42.8 Å². The van der Waals surface area contributed by atoms with E-state index in [1.165, 1.54) is 55.5 Å². The minimum atomic E-state index is -4.18. The van der Waals surface area contributed by atoms with Gasteiger partial charge < -0.3 is 14.8 Å². The number of nitrogens with zero attached hydrogens (tertiary/aromatic N) is 1. The zero-order valence-corrected chi connectivity index (χ0v) is 21.5. The molecule has 4 rings (SSSR count). The van der Waals surface area contributed by atoms with Gasteiger partial charge >= 0.3 is 10.1 Å².